The van der Waals surface area contributed by atoms with Gasteiger partial charge in [0, 0.05) is 6.26 Å². The van der Waals surface area contributed by atoms with Crippen molar-refractivity contribution in [3.8, 4) is 5.69 Å². The molecule has 0 atom stereocenters. The van der Waals surface area contributed by atoms with Crippen molar-refractivity contribution in [2.75, 3.05) is 6.26 Å². The number of hydrogen-bond donors (Lipinski definition) is 1. The molecule has 0 fully saturated rings. The first-order chi connectivity index (χ1) is 8.80. The van der Waals surface area contributed by atoms with Gasteiger partial charge in [0.15, 0.2) is 9.84 Å². The van der Waals surface area contributed by atoms with Crippen LogP contribution in [-0.4, -0.2) is 35.5 Å². The van der Waals surface area contributed by atoms with Crippen LogP contribution >= 0.6 is 0 Å². The largest absolute Gasteiger partial charge is 0.478 e. The first-order valence-electron chi connectivity index (χ1n) is 5.39. The molecule has 0 bridgehead atoms. The first-order valence-corrected chi connectivity index (χ1v) is 7.28. The highest BCUT2D eigenvalue weighted by Crippen LogP contribution is 2.16. The smallest absolute Gasteiger partial charge is 0.339 e. The summed E-state index contributed by atoms with van der Waals surface area (Å²) >= 11 is 0. The van der Waals surface area contributed by atoms with Crippen molar-refractivity contribution in [1.29, 1.82) is 0 Å². The van der Waals surface area contributed by atoms with E-state index < -0.39 is 15.8 Å². The van der Waals surface area contributed by atoms with Crippen molar-refractivity contribution in [1.82, 2.24) is 9.78 Å². The van der Waals surface area contributed by atoms with Crippen LogP contribution in [0.15, 0.2) is 35.4 Å². The summed E-state index contributed by atoms with van der Waals surface area (Å²) in [4.78, 5) is 11.1. The number of benzene rings is 1. The van der Waals surface area contributed by atoms with Crippen LogP contribution in [0.1, 0.15) is 16.1 Å². The zero-order valence-electron chi connectivity index (χ0n) is 10.4. The molecule has 2 rings (SSSR count). The number of carboxylic acid groups (broad SMARTS) is 1. The minimum atomic E-state index is -3.24. The molecule has 0 saturated carbocycles. The van der Waals surface area contributed by atoms with Crippen molar-refractivity contribution in [2.24, 2.45) is 0 Å². The molecule has 0 aliphatic heterocycles. The number of sulfone groups is 1. The Labute approximate surface area is 110 Å². The molecule has 0 spiro atoms. The predicted molar refractivity (Wildman–Crippen MR) is 68.4 cm³/mol. The third kappa shape index (κ3) is 2.50. The van der Waals surface area contributed by atoms with Gasteiger partial charge in [-0.2, -0.15) is 5.10 Å². The molecular formula is C12H12N2O4S. The van der Waals surface area contributed by atoms with Crippen molar-refractivity contribution >= 4 is 15.8 Å². The van der Waals surface area contributed by atoms with Gasteiger partial charge in [0.05, 0.1) is 22.5 Å². The quantitative estimate of drug-likeness (QED) is 0.914. The second-order valence-electron chi connectivity index (χ2n) is 4.13. The van der Waals surface area contributed by atoms with E-state index in [1.807, 2.05) is 0 Å². The molecule has 1 aromatic carbocycles. The fourth-order valence-corrected chi connectivity index (χ4v) is 2.34. The van der Waals surface area contributed by atoms with E-state index in [2.05, 4.69) is 5.10 Å². The SMILES string of the molecule is Cc1c(C(=O)O)cnn1-c1ccc(S(C)(=O)=O)cc1. The highest BCUT2D eigenvalue weighted by atomic mass is 32.2. The Morgan fingerprint density at radius 1 is 1.26 bits per heavy atom. The van der Waals surface area contributed by atoms with Gasteiger partial charge in [-0.05, 0) is 31.2 Å². The number of aromatic carboxylic acids is 1. The van der Waals surface area contributed by atoms with Crippen molar-refractivity contribution in [3.63, 3.8) is 0 Å². The summed E-state index contributed by atoms with van der Waals surface area (Å²) in [6, 6.07) is 6.10. The Bertz CT molecular complexity index is 730. The van der Waals surface area contributed by atoms with Gasteiger partial charge in [-0.1, -0.05) is 0 Å². The summed E-state index contributed by atoms with van der Waals surface area (Å²) in [7, 11) is -3.24. The van der Waals surface area contributed by atoms with E-state index in [0.717, 1.165) is 6.26 Å². The van der Waals surface area contributed by atoms with Gasteiger partial charge in [-0.15, -0.1) is 0 Å². The van der Waals surface area contributed by atoms with Crippen LogP contribution in [0.2, 0.25) is 0 Å². The minimum Gasteiger partial charge on any atom is -0.478 e. The average Bonchev–Trinajstić information content (AvgIpc) is 2.70. The molecule has 0 unspecified atom stereocenters. The Balaban J connectivity index is 2.46. The predicted octanol–water partition coefficient (Wildman–Crippen LogP) is 1.28. The van der Waals surface area contributed by atoms with E-state index in [0.29, 0.717) is 11.4 Å². The highest BCUT2D eigenvalue weighted by molar-refractivity contribution is 7.90. The summed E-state index contributed by atoms with van der Waals surface area (Å²) < 4.78 is 24.1. The van der Waals surface area contributed by atoms with Crippen molar-refractivity contribution < 1.29 is 18.3 Å². The first kappa shape index (κ1) is 13.3. The molecule has 7 heteroatoms. The number of rotatable bonds is 3. The van der Waals surface area contributed by atoms with Crippen LogP contribution in [0.4, 0.5) is 0 Å². The number of carbonyl (C=O) groups is 1. The van der Waals surface area contributed by atoms with Crippen LogP contribution in [0.3, 0.4) is 0 Å². The lowest BCUT2D eigenvalue weighted by atomic mass is 10.2. The van der Waals surface area contributed by atoms with Crippen molar-refractivity contribution in [3.05, 3.63) is 41.7 Å². The van der Waals surface area contributed by atoms with Gasteiger partial charge in [0.1, 0.15) is 5.56 Å². The van der Waals surface area contributed by atoms with Gasteiger partial charge in [-0.25, -0.2) is 17.9 Å². The van der Waals surface area contributed by atoms with E-state index in [1.165, 1.54) is 23.0 Å². The lowest BCUT2D eigenvalue weighted by Gasteiger charge is -2.05. The lowest BCUT2D eigenvalue weighted by molar-refractivity contribution is 0.0696. The molecule has 1 heterocycles. The molecular weight excluding hydrogens is 268 g/mol. The monoisotopic (exact) mass is 280 g/mol. The third-order valence-corrected chi connectivity index (χ3v) is 3.88. The molecule has 1 aromatic heterocycles. The van der Waals surface area contributed by atoms with Crippen molar-refractivity contribution in [2.45, 2.75) is 11.8 Å². The second kappa shape index (κ2) is 4.51. The third-order valence-electron chi connectivity index (χ3n) is 2.75. The number of carboxylic acids is 1. The van der Waals surface area contributed by atoms with Crippen LogP contribution in [0.5, 0.6) is 0 Å². The van der Waals surface area contributed by atoms with Gasteiger partial charge < -0.3 is 5.11 Å². The summed E-state index contributed by atoms with van der Waals surface area (Å²) in [5.41, 5.74) is 1.21. The molecule has 1 N–H and O–H groups in total. The standard InChI is InChI=1S/C12H12N2O4S/c1-8-11(12(15)16)7-13-14(8)9-3-5-10(6-4-9)19(2,17)18/h3-7H,1-2H3,(H,15,16). The summed E-state index contributed by atoms with van der Waals surface area (Å²) in [5, 5.41) is 12.9. The van der Waals surface area contributed by atoms with Crippen LogP contribution in [0.25, 0.3) is 5.69 Å². The molecule has 6 nitrogen and oxygen atoms in total. The molecule has 19 heavy (non-hydrogen) atoms. The molecule has 0 aliphatic carbocycles. The van der Waals surface area contributed by atoms with E-state index in [4.69, 9.17) is 5.11 Å². The van der Waals surface area contributed by atoms with Crippen LogP contribution in [-0.2, 0) is 9.84 Å². The van der Waals surface area contributed by atoms with E-state index in [-0.39, 0.29) is 10.5 Å². The van der Waals surface area contributed by atoms with Crippen LogP contribution in [0, 0.1) is 6.92 Å². The van der Waals surface area contributed by atoms with Gasteiger partial charge in [-0.3, -0.25) is 0 Å². The summed E-state index contributed by atoms with van der Waals surface area (Å²) in [5.74, 6) is -1.04. The molecule has 0 saturated heterocycles. The normalized spacial score (nSPS) is 11.5. The Kier molecular flexibility index (Phi) is 3.15. The Hall–Kier alpha value is -2.15. The maximum absolute atomic E-state index is 11.3. The Morgan fingerprint density at radius 3 is 2.26 bits per heavy atom. The fraction of sp³-hybridized carbons (Fsp3) is 0.167. The van der Waals surface area contributed by atoms with Gasteiger partial charge in [0.2, 0.25) is 0 Å². The van der Waals surface area contributed by atoms with E-state index in [9.17, 15) is 13.2 Å². The molecule has 2 aromatic rings. The second-order valence-corrected chi connectivity index (χ2v) is 6.14. The lowest BCUT2D eigenvalue weighted by Crippen LogP contribution is -2.03. The maximum atomic E-state index is 11.3. The van der Waals surface area contributed by atoms with Gasteiger partial charge >= 0.3 is 5.97 Å². The van der Waals surface area contributed by atoms with Gasteiger partial charge in [0.25, 0.3) is 0 Å². The molecule has 100 valence electrons. The fourth-order valence-electron chi connectivity index (χ4n) is 1.71. The van der Waals surface area contributed by atoms with Crippen LogP contribution < -0.4 is 0 Å². The topological polar surface area (TPSA) is 89.3 Å². The summed E-state index contributed by atoms with van der Waals surface area (Å²) in [6.07, 6.45) is 2.39. The van der Waals surface area contributed by atoms with E-state index >= 15 is 0 Å². The zero-order valence-corrected chi connectivity index (χ0v) is 11.2. The molecule has 0 aliphatic rings. The minimum absolute atomic E-state index is 0.118. The summed E-state index contributed by atoms with van der Waals surface area (Å²) in [6.45, 7) is 1.64. The number of hydrogen-bond acceptors (Lipinski definition) is 4. The highest BCUT2D eigenvalue weighted by Gasteiger charge is 2.14. The molecule has 0 radical (unpaired) electrons. The molecule has 0 amide bonds. The maximum Gasteiger partial charge on any atom is 0.339 e. The zero-order chi connectivity index (χ0) is 14.2. The van der Waals surface area contributed by atoms with E-state index in [1.54, 1.807) is 19.1 Å². The number of aromatic nitrogens is 2. The number of nitrogens with zero attached hydrogens (tertiary/aromatic N) is 2. The average molecular weight is 280 g/mol. The Morgan fingerprint density at radius 2 is 1.84 bits per heavy atom.